The summed E-state index contributed by atoms with van der Waals surface area (Å²) >= 11 is 1.80. The van der Waals surface area contributed by atoms with Gasteiger partial charge in [0.05, 0.1) is 23.3 Å². The second kappa shape index (κ2) is 8.84. The van der Waals surface area contributed by atoms with Crippen LogP contribution in [-0.4, -0.2) is 16.6 Å². The molecule has 2 N–H and O–H groups in total. The van der Waals surface area contributed by atoms with E-state index >= 15 is 0 Å². The van der Waals surface area contributed by atoms with Gasteiger partial charge in [0.25, 0.3) is 0 Å². The van der Waals surface area contributed by atoms with E-state index in [9.17, 15) is 0 Å². The van der Waals surface area contributed by atoms with E-state index in [1.54, 1.807) is 17.6 Å². The van der Waals surface area contributed by atoms with Crippen molar-refractivity contribution in [2.24, 2.45) is 0 Å². The normalized spacial score (nSPS) is 10.8. The zero-order chi connectivity index (χ0) is 16.1. The van der Waals surface area contributed by atoms with Crippen LogP contribution in [0.25, 0.3) is 0 Å². The number of halogens is 1. The van der Waals surface area contributed by atoms with E-state index in [-0.39, 0.29) is 12.4 Å². The predicted octanol–water partition coefficient (Wildman–Crippen LogP) is -0.522. The summed E-state index contributed by atoms with van der Waals surface area (Å²) in [5.74, 6) is 1.26. The van der Waals surface area contributed by atoms with Crippen LogP contribution in [0.1, 0.15) is 33.9 Å². The molecule has 0 saturated heterocycles. The smallest absolute Gasteiger partial charge is 0.234 e. The average Bonchev–Trinajstić information content (AvgIpc) is 2.74. The predicted molar refractivity (Wildman–Crippen MR) is 88.7 cm³/mol. The second-order valence-electron chi connectivity index (χ2n) is 5.13. The lowest BCUT2D eigenvalue weighted by atomic mass is 10.2. The molecule has 0 atom stereocenters. The third-order valence-electron chi connectivity index (χ3n) is 3.49. The van der Waals surface area contributed by atoms with Gasteiger partial charge in [-0.1, -0.05) is 17.4 Å². The van der Waals surface area contributed by atoms with Crippen molar-refractivity contribution in [1.29, 1.82) is 0 Å². The van der Waals surface area contributed by atoms with Crippen LogP contribution in [0.2, 0.25) is 0 Å². The number of allylic oxidation sites excluding steroid dienone is 1. The van der Waals surface area contributed by atoms with Gasteiger partial charge in [-0.3, -0.25) is 0 Å². The van der Waals surface area contributed by atoms with Crippen LogP contribution < -0.4 is 22.7 Å². The van der Waals surface area contributed by atoms with Crippen LogP contribution in [0.15, 0.2) is 18.5 Å². The number of ether oxygens (including phenoxy) is 1. The molecule has 0 aliphatic carbocycles. The molecule has 2 rings (SSSR count). The van der Waals surface area contributed by atoms with Crippen molar-refractivity contribution < 1.29 is 21.7 Å². The van der Waals surface area contributed by atoms with Gasteiger partial charge in [0, 0.05) is 26.5 Å². The van der Waals surface area contributed by atoms with Crippen molar-refractivity contribution in [2.45, 2.75) is 40.7 Å². The first kappa shape index (κ1) is 19.4. The standard InChI is InChI=1S/C16H23N4OS.ClH/c1-5-7-21-8-6-15-11(2)20(13(4)22-15)10-14-9-18-12(3)19-16(14)17;/h5,7,9H,6,8,10H2,1-4H3,(H2,17,18,19);1H/q+1;/p-1. The Labute approximate surface area is 147 Å². The molecule has 0 fully saturated rings. The summed E-state index contributed by atoms with van der Waals surface area (Å²) in [7, 11) is 0. The summed E-state index contributed by atoms with van der Waals surface area (Å²) in [4.78, 5) is 9.82. The summed E-state index contributed by atoms with van der Waals surface area (Å²) < 4.78 is 7.68. The molecule has 23 heavy (non-hydrogen) atoms. The van der Waals surface area contributed by atoms with Gasteiger partial charge >= 0.3 is 0 Å². The lowest BCUT2D eigenvalue weighted by Crippen LogP contribution is -3.00. The van der Waals surface area contributed by atoms with Gasteiger partial charge in [-0.05, 0) is 13.8 Å². The first-order chi connectivity index (χ1) is 10.5. The molecule has 7 heteroatoms. The summed E-state index contributed by atoms with van der Waals surface area (Å²) in [6, 6.07) is 0. The summed E-state index contributed by atoms with van der Waals surface area (Å²) in [5.41, 5.74) is 8.21. The number of nitrogens with zero attached hydrogens (tertiary/aromatic N) is 3. The van der Waals surface area contributed by atoms with Gasteiger partial charge in [0.2, 0.25) is 5.01 Å². The number of anilines is 1. The maximum absolute atomic E-state index is 6.00. The Bertz CT molecular complexity index is 685. The van der Waals surface area contributed by atoms with Crippen LogP contribution >= 0.6 is 11.3 Å². The van der Waals surface area contributed by atoms with Gasteiger partial charge in [-0.2, -0.15) is 4.57 Å². The highest BCUT2D eigenvalue weighted by Crippen LogP contribution is 2.18. The largest absolute Gasteiger partial charge is 1.00 e. The molecule has 0 radical (unpaired) electrons. The molecule has 2 aromatic rings. The van der Waals surface area contributed by atoms with Crippen LogP contribution in [0.4, 0.5) is 5.82 Å². The monoisotopic (exact) mass is 354 g/mol. The first-order valence-corrected chi connectivity index (χ1v) is 8.14. The number of nitrogens with two attached hydrogens (primary N) is 1. The van der Waals surface area contributed by atoms with Crippen LogP contribution in [0, 0.1) is 20.8 Å². The molecule has 0 unspecified atom stereocenters. The van der Waals surface area contributed by atoms with Crippen LogP contribution in [0.5, 0.6) is 0 Å². The maximum atomic E-state index is 6.00. The Morgan fingerprint density at radius 1 is 1.35 bits per heavy atom. The van der Waals surface area contributed by atoms with Gasteiger partial charge in [-0.15, -0.1) is 0 Å². The fourth-order valence-electron chi connectivity index (χ4n) is 2.28. The topological polar surface area (TPSA) is 64.9 Å². The molecule has 0 amide bonds. The van der Waals surface area contributed by atoms with E-state index in [1.807, 2.05) is 26.1 Å². The minimum atomic E-state index is 0. The molecule has 0 spiro atoms. The molecule has 0 aliphatic heterocycles. The molecular formula is C16H23ClN4OS. The van der Waals surface area contributed by atoms with Gasteiger partial charge in [0.15, 0.2) is 12.2 Å². The molecule has 2 aromatic heterocycles. The maximum Gasteiger partial charge on any atom is 0.234 e. The zero-order valence-electron chi connectivity index (χ0n) is 14.0. The fourth-order valence-corrected chi connectivity index (χ4v) is 3.39. The average molecular weight is 355 g/mol. The van der Waals surface area contributed by atoms with E-state index in [1.165, 1.54) is 15.6 Å². The fraction of sp³-hybridized carbons (Fsp3) is 0.438. The van der Waals surface area contributed by atoms with Gasteiger partial charge in [-0.25, -0.2) is 9.97 Å². The molecule has 0 aliphatic rings. The van der Waals surface area contributed by atoms with E-state index in [4.69, 9.17) is 10.5 Å². The van der Waals surface area contributed by atoms with Crippen LogP contribution in [-0.2, 0) is 17.7 Å². The number of aromatic nitrogens is 3. The summed E-state index contributed by atoms with van der Waals surface area (Å²) in [6.07, 6.45) is 6.35. The van der Waals surface area contributed by atoms with Crippen molar-refractivity contribution in [1.82, 2.24) is 9.97 Å². The Balaban J connectivity index is 0.00000264. The minimum Gasteiger partial charge on any atom is -1.00 e. The molecule has 0 aromatic carbocycles. The highest BCUT2D eigenvalue weighted by Gasteiger charge is 2.21. The Morgan fingerprint density at radius 2 is 2.09 bits per heavy atom. The van der Waals surface area contributed by atoms with E-state index < -0.39 is 0 Å². The lowest BCUT2D eigenvalue weighted by Gasteiger charge is -2.03. The summed E-state index contributed by atoms with van der Waals surface area (Å²) in [5, 5.41) is 1.25. The number of aryl methyl sites for hydroxylation is 2. The third kappa shape index (κ3) is 4.91. The van der Waals surface area contributed by atoms with Crippen molar-refractivity contribution in [3.8, 4) is 0 Å². The van der Waals surface area contributed by atoms with E-state index in [0.717, 1.165) is 12.0 Å². The SMILES string of the molecule is CC=COCCc1sc(C)[n+](Cc2cnc(C)nc2N)c1C.[Cl-]. The summed E-state index contributed by atoms with van der Waals surface area (Å²) in [6.45, 7) is 9.45. The Hall–Kier alpha value is -1.66. The van der Waals surface area contributed by atoms with Crippen molar-refractivity contribution >= 4 is 17.2 Å². The quantitative estimate of drug-likeness (QED) is 0.430. The lowest BCUT2D eigenvalue weighted by molar-refractivity contribution is -0.695. The zero-order valence-corrected chi connectivity index (χ0v) is 15.5. The molecule has 0 bridgehead atoms. The number of hydrogen-bond acceptors (Lipinski definition) is 5. The number of rotatable bonds is 6. The Morgan fingerprint density at radius 3 is 2.74 bits per heavy atom. The molecular weight excluding hydrogens is 332 g/mol. The molecule has 0 saturated carbocycles. The molecule has 126 valence electrons. The van der Waals surface area contributed by atoms with Gasteiger partial charge in [0.1, 0.15) is 11.6 Å². The molecule has 2 heterocycles. The van der Waals surface area contributed by atoms with E-state index in [2.05, 4.69) is 28.4 Å². The first-order valence-electron chi connectivity index (χ1n) is 7.32. The van der Waals surface area contributed by atoms with Crippen molar-refractivity contribution in [3.63, 3.8) is 0 Å². The number of nitrogen functional groups attached to an aromatic ring is 1. The van der Waals surface area contributed by atoms with Crippen molar-refractivity contribution in [3.05, 3.63) is 45.5 Å². The third-order valence-corrected chi connectivity index (χ3v) is 4.75. The van der Waals surface area contributed by atoms with E-state index in [0.29, 0.717) is 24.8 Å². The number of thiazole rings is 1. The second-order valence-corrected chi connectivity index (χ2v) is 6.42. The highest BCUT2D eigenvalue weighted by molar-refractivity contribution is 7.11. The van der Waals surface area contributed by atoms with Crippen LogP contribution in [0.3, 0.4) is 0 Å². The Kier molecular flexibility index (Phi) is 7.45. The van der Waals surface area contributed by atoms with Gasteiger partial charge < -0.3 is 22.9 Å². The highest BCUT2D eigenvalue weighted by atomic mass is 35.5. The number of hydrogen-bond donors (Lipinski definition) is 1. The molecule has 5 nitrogen and oxygen atoms in total. The van der Waals surface area contributed by atoms with Crippen molar-refractivity contribution in [2.75, 3.05) is 12.3 Å². The minimum absolute atomic E-state index is 0.